The lowest BCUT2D eigenvalue weighted by Crippen LogP contribution is -2.46. The molecule has 2 amide bonds. The van der Waals surface area contributed by atoms with E-state index in [9.17, 15) is 14.3 Å². The molecule has 24 heavy (non-hydrogen) atoms. The van der Waals surface area contributed by atoms with E-state index in [-0.39, 0.29) is 23.9 Å². The molecule has 2 heterocycles. The zero-order valence-corrected chi connectivity index (χ0v) is 13.8. The van der Waals surface area contributed by atoms with Gasteiger partial charge >= 0.3 is 6.03 Å². The fraction of sp³-hybridized carbons (Fsp3) is 0.611. The number of aliphatic hydroxyl groups is 1. The normalized spacial score (nSPS) is 23.2. The molecule has 2 saturated heterocycles. The van der Waals surface area contributed by atoms with Crippen molar-refractivity contribution in [1.29, 1.82) is 0 Å². The molecule has 5 nitrogen and oxygen atoms in total. The fourth-order valence-electron chi connectivity index (χ4n) is 3.47. The smallest absolute Gasteiger partial charge is 0.317 e. The Kier molecular flexibility index (Phi) is 5.68. The highest BCUT2D eigenvalue weighted by Crippen LogP contribution is 2.30. The van der Waals surface area contributed by atoms with Crippen LogP contribution in [0.1, 0.15) is 37.4 Å². The Morgan fingerprint density at radius 1 is 1.29 bits per heavy atom. The van der Waals surface area contributed by atoms with E-state index in [1.54, 1.807) is 17.0 Å². The lowest BCUT2D eigenvalue weighted by Gasteiger charge is -2.34. The number of benzene rings is 1. The van der Waals surface area contributed by atoms with Gasteiger partial charge in [0.2, 0.25) is 0 Å². The Hall–Kier alpha value is -1.66. The van der Waals surface area contributed by atoms with Crippen molar-refractivity contribution in [2.24, 2.45) is 5.92 Å². The predicted molar refractivity (Wildman–Crippen MR) is 88.0 cm³/mol. The lowest BCUT2D eigenvalue weighted by molar-refractivity contribution is 0.0651. The number of carbonyl (C=O) groups is 1. The van der Waals surface area contributed by atoms with E-state index in [4.69, 9.17) is 4.74 Å². The van der Waals surface area contributed by atoms with Gasteiger partial charge in [-0.25, -0.2) is 9.18 Å². The monoisotopic (exact) mass is 336 g/mol. The topological polar surface area (TPSA) is 61.8 Å². The first-order chi connectivity index (χ1) is 11.6. The summed E-state index contributed by atoms with van der Waals surface area (Å²) in [7, 11) is 0. The summed E-state index contributed by atoms with van der Waals surface area (Å²) in [5.74, 6) is -0.207. The number of aliphatic hydroxyl groups excluding tert-OH is 1. The van der Waals surface area contributed by atoms with Crippen molar-refractivity contribution >= 4 is 6.03 Å². The Morgan fingerprint density at radius 3 is 2.62 bits per heavy atom. The van der Waals surface area contributed by atoms with Gasteiger partial charge in [-0.15, -0.1) is 0 Å². The van der Waals surface area contributed by atoms with Crippen molar-refractivity contribution < 1.29 is 19.0 Å². The van der Waals surface area contributed by atoms with Crippen LogP contribution < -0.4 is 5.32 Å². The first-order valence-electron chi connectivity index (χ1n) is 8.71. The maximum atomic E-state index is 13.0. The molecule has 0 aliphatic carbocycles. The van der Waals surface area contributed by atoms with Gasteiger partial charge < -0.3 is 20.1 Å². The van der Waals surface area contributed by atoms with E-state index in [0.717, 1.165) is 37.9 Å². The third-order valence-corrected chi connectivity index (χ3v) is 4.99. The van der Waals surface area contributed by atoms with E-state index in [1.165, 1.54) is 12.1 Å². The third kappa shape index (κ3) is 4.24. The van der Waals surface area contributed by atoms with Gasteiger partial charge in [0.05, 0.1) is 12.2 Å². The molecule has 132 valence electrons. The summed E-state index contributed by atoms with van der Waals surface area (Å²) in [4.78, 5) is 14.0. The van der Waals surface area contributed by atoms with Crippen LogP contribution >= 0.6 is 0 Å². The van der Waals surface area contributed by atoms with E-state index in [1.807, 2.05) is 0 Å². The number of nitrogens with one attached hydrogen (secondary N) is 1. The first-order valence-corrected chi connectivity index (χ1v) is 8.71. The van der Waals surface area contributed by atoms with Crippen LogP contribution in [0.15, 0.2) is 24.3 Å². The van der Waals surface area contributed by atoms with Gasteiger partial charge in [-0.2, -0.15) is 0 Å². The Bertz CT molecular complexity index is 538. The molecule has 2 fully saturated rings. The van der Waals surface area contributed by atoms with Crippen LogP contribution in [-0.4, -0.2) is 48.4 Å². The number of rotatable bonds is 4. The molecule has 0 unspecified atom stereocenters. The van der Waals surface area contributed by atoms with Crippen molar-refractivity contribution in [3.63, 3.8) is 0 Å². The van der Waals surface area contributed by atoms with Crippen LogP contribution in [0, 0.1) is 11.7 Å². The van der Waals surface area contributed by atoms with Crippen LogP contribution in [0.2, 0.25) is 0 Å². The highest BCUT2D eigenvalue weighted by atomic mass is 19.1. The van der Waals surface area contributed by atoms with Crippen molar-refractivity contribution in [2.45, 2.75) is 37.9 Å². The molecule has 1 aromatic carbocycles. The minimum Gasteiger partial charge on any atom is -0.388 e. The van der Waals surface area contributed by atoms with Crippen LogP contribution in [0.25, 0.3) is 0 Å². The number of halogens is 1. The minimum absolute atomic E-state index is 0.0554. The highest BCUT2D eigenvalue weighted by Gasteiger charge is 2.28. The fourth-order valence-corrected chi connectivity index (χ4v) is 3.47. The number of amides is 2. The number of carbonyl (C=O) groups excluding carboxylic acids is 1. The van der Waals surface area contributed by atoms with Crippen molar-refractivity contribution in [3.05, 3.63) is 35.6 Å². The van der Waals surface area contributed by atoms with Gasteiger partial charge in [-0.1, -0.05) is 12.1 Å². The summed E-state index contributed by atoms with van der Waals surface area (Å²) < 4.78 is 18.5. The van der Waals surface area contributed by atoms with E-state index < -0.39 is 6.10 Å². The summed E-state index contributed by atoms with van der Waals surface area (Å²) >= 11 is 0. The molecule has 0 saturated carbocycles. The predicted octanol–water partition coefficient (Wildman–Crippen LogP) is 2.46. The van der Waals surface area contributed by atoms with Crippen LogP contribution in [0.5, 0.6) is 0 Å². The van der Waals surface area contributed by atoms with Crippen LogP contribution in [0.4, 0.5) is 9.18 Å². The molecule has 0 aromatic heterocycles. The Morgan fingerprint density at radius 2 is 2.00 bits per heavy atom. The summed E-state index contributed by atoms with van der Waals surface area (Å²) in [5.41, 5.74) is 0.734. The average molecular weight is 336 g/mol. The Labute approximate surface area is 141 Å². The van der Waals surface area contributed by atoms with Gasteiger partial charge in [-0.3, -0.25) is 0 Å². The first kappa shape index (κ1) is 17.2. The second-order valence-corrected chi connectivity index (χ2v) is 6.64. The maximum Gasteiger partial charge on any atom is 0.317 e. The van der Waals surface area contributed by atoms with E-state index in [0.29, 0.717) is 19.6 Å². The zero-order valence-electron chi connectivity index (χ0n) is 13.8. The molecular weight excluding hydrogens is 311 g/mol. The molecule has 3 rings (SSSR count). The molecule has 0 radical (unpaired) electrons. The second-order valence-electron chi connectivity index (χ2n) is 6.64. The lowest BCUT2D eigenvalue weighted by atomic mass is 9.87. The van der Waals surface area contributed by atoms with Crippen LogP contribution in [0.3, 0.4) is 0 Å². The summed E-state index contributed by atoms with van der Waals surface area (Å²) in [6.45, 7) is 2.60. The summed E-state index contributed by atoms with van der Waals surface area (Å²) in [5, 5.41) is 13.4. The molecule has 2 aliphatic rings. The molecule has 0 spiro atoms. The molecule has 6 heteroatoms. The highest BCUT2D eigenvalue weighted by molar-refractivity contribution is 5.74. The van der Waals surface area contributed by atoms with Gasteiger partial charge in [-0.05, 0) is 49.3 Å². The molecule has 2 atom stereocenters. The van der Waals surface area contributed by atoms with E-state index >= 15 is 0 Å². The van der Waals surface area contributed by atoms with Crippen molar-refractivity contribution in [3.8, 4) is 0 Å². The van der Waals surface area contributed by atoms with Crippen molar-refractivity contribution in [2.75, 3.05) is 26.2 Å². The number of ether oxygens (including phenoxy) is 1. The largest absolute Gasteiger partial charge is 0.388 e. The van der Waals surface area contributed by atoms with E-state index in [2.05, 4.69) is 5.32 Å². The second kappa shape index (κ2) is 7.94. The number of hydrogen-bond acceptors (Lipinski definition) is 3. The summed E-state index contributed by atoms with van der Waals surface area (Å²) in [6, 6.07) is 5.93. The zero-order chi connectivity index (χ0) is 16.9. The number of piperidine rings is 1. The SMILES string of the molecule is O=C(NC[C@H]1CCCO1)N1CCC([C@H](O)c2ccc(F)cc2)CC1. The summed E-state index contributed by atoms with van der Waals surface area (Å²) in [6.07, 6.45) is 3.09. The number of hydrogen-bond donors (Lipinski definition) is 2. The standard InChI is InChI=1S/C18H25FN2O3/c19-15-5-3-13(4-6-15)17(22)14-7-9-21(10-8-14)18(23)20-12-16-2-1-11-24-16/h3-6,14,16-17,22H,1-2,7-12H2,(H,20,23)/t16-,17-/m1/s1. The van der Waals surface area contributed by atoms with Gasteiger partial charge in [0, 0.05) is 26.2 Å². The minimum atomic E-state index is -0.609. The number of likely N-dealkylation sites (tertiary alicyclic amines) is 1. The maximum absolute atomic E-state index is 13.0. The van der Waals surface area contributed by atoms with Gasteiger partial charge in [0.15, 0.2) is 0 Å². The molecule has 0 bridgehead atoms. The number of urea groups is 1. The van der Waals surface area contributed by atoms with Crippen LogP contribution in [-0.2, 0) is 4.74 Å². The average Bonchev–Trinajstić information content (AvgIpc) is 3.13. The quantitative estimate of drug-likeness (QED) is 0.888. The third-order valence-electron chi connectivity index (χ3n) is 4.99. The van der Waals surface area contributed by atoms with Crippen molar-refractivity contribution in [1.82, 2.24) is 10.2 Å². The van der Waals surface area contributed by atoms with Gasteiger partial charge in [0.25, 0.3) is 0 Å². The molecule has 2 N–H and O–H groups in total. The molecular formula is C18H25FN2O3. The number of nitrogens with zero attached hydrogens (tertiary/aromatic N) is 1. The Balaban J connectivity index is 1.44. The molecule has 2 aliphatic heterocycles. The van der Waals surface area contributed by atoms with Gasteiger partial charge in [0.1, 0.15) is 5.82 Å². The molecule has 1 aromatic rings.